The van der Waals surface area contributed by atoms with Crippen molar-refractivity contribution in [2.75, 3.05) is 63.2 Å². The molecule has 3 rings (SSSR count). The molecule has 0 bridgehead atoms. The van der Waals surface area contributed by atoms with E-state index >= 15 is 0 Å². The smallest absolute Gasteiger partial charge is 0.254 e. The van der Waals surface area contributed by atoms with E-state index < -0.39 is 0 Å². The van der Waals surface area contributed by atoms with Gasteiger partial charge in [-0.15, -0.1) is 0 Å². The second kappa shape index (κ2) is 9.45. The first kappa shape index (κ1) is 20.0. The van der Waals surface area contributed by atoms with E-state index in [1.54, 1.807) is 24.5 Å². The second-order valence-corrected chi connectivity index (χ2v) is 7.13. The molecule has 150 valence electrons. The number of hydrogen-bond donors (Lipinski definition) is 1. The molecule has 2 heterocycles. The number of anilines is 2. The molecule has 1 N–H and O–H groups in total. The predicted octanol–water partition coefficient (Wildman–Crippen LogP) is 1.62. The number of amides is 1. The van der Waals surface area contributed by atoms with E-state index in [9.17, 15) is 9.18 Å². The summed E-state index contributed by atoms with van der Waals surface area (Å²) in [6.45, 7) is 4.72. The molecular weight excluding hydrogens is 359 g/mol. The first-order valence-corrected chi connectivity index (χ1v) is 9.53. The van der Waals surface area contributed by atoms with E-state index in [4.69, 9.17) is 0 Å². The predicted molar refractivity (Wildman–Crippen MR) is 108 cm³/mol. The number of rotatable bonds is 7. The second-order valence-electron chi connectivity index (χ2n) is 7.13. The Morgan fingerprint density at radius 2 is 1.68 bits per heavy atom. The quantitative estimate of drug-likeness (QED) is 0.730. The third-order valence-electron chi connectivity index (χ3n) is 4.72. The highest BCUT2D eigenvalue weighted by molar-refractivity contribution is 5.93. The van der Waals surface area contributed by atoms with Gasteiger partial charge in [0.1, 0.15) is 5.82 Å². The van der Waals surface area contributed by atoms with Crippen LogP contribution in [0, 0.1) is 5.82 Å². The Labute approximate surface area is 165 Å². The van der Waals surface area contributed by atoms with E-state index in [-0.39, 0.29) is 11.7 Å². The summed E-state index contributed by atoms with van der Waals surface area (Å²) >= 11 is 0. The lowest BCUT2D eigenvalue weighted by molar-refractivity contribution is 0.0951. The average molecular weight is 386 g/mol. The molecule has 2 aromatic rings. The van der Waals surface area contributed by atoms with Gasteiger partial charge in [0.05, 0.1) is 5.56 Å². The lowest BCUT2D eigenvalue weighted by atomic mass is 10.2. The maximum Gasteiger partial charge on any atom is 0.254 e. The third-order valence-corrected chi connectivity index (χ3v) is 4.72. The van der Waals surface area contributed by atoms with Gasteiger partial charge < -0.3 is 20.0 Å². The van der Waals surface area contributed by atoms with Crippen molar-refractivity contribution in [2.24, 2.45) is 0 Å². The molecular formula is C20H27FN6O. The Balaban J connectivity index is 1.49. The van der Waals surface area contributed by atoms with Crippen molar-refractivity contribution in [2.45, 2.75) is 6.42 Å². The van der Waals surface area contributed by atoms with Crippen molar-refractivity contribution in [3.05, 3.63) is 48.0 Å². The third kappa shape index (κ3) is 5.39. The zero-order valence-corrected chi connectivity index (χ0v) is 16.4. The molecule has 1 aliphatic heterocycles. The van der Waals surface area contributed by atoms with Gasteiger partial charge in [0.15, 0.2) is 0 Å². The molecule has 8 heteroatoms. The zero-order valence-electron chi connectivity index (χ0n) is 16.4. The first-order chi connectivity index (χ1) is 13.5. The molecule has 0 aliphatic carbocycles. The fourth-order valence-corrected chi connectivity index (χ4v) is 3.12. The van der Waals surface area contributed by atoms with Crippen molar-refractivity contribution >= 4 is 17.5 Å². The molecule has 1 aromatic heterocycles. The van der Waals surface area contributed by atoms with Crippen LogP contribution in [0.1, 0.15) is 16.8 Å². The zero-order chi connectivity index (χ0) is 19.9. The molecule has 0 atom stereocenters. The fraction of sp³-hybridized carbons (Fsp3) is 0.450. The molecule has 0 radical (unpaired) electrons. The Kier molecular flexibility index (Phi) is 6.76. The van der Waals surface area contributed by atoms with E-state index in [1.165, 1.54) is 12.1 Å². The Hall–Kier alpha value is -2.74. The monoisotopic (exact) mass is 386 g/mol. The fourth-order valence-electron chi connectivity index (χ4n) is 3.12. The largest absolute Gasteiger partial charge is 0.368 e. The van der Waals surface area contributed by atoms with Gasteiger partial charge in [-0.25, -0.2) is 14.4 Å². The molecule has 1 aliphatic rings. The van der Waals surface area contributed by atoms with Crippen LogP contribution in [-0.4, -0.2) is 74.1 Å². The maximum atomic E-state index is 13.1. The average Bonchev–Trinajstić information content (AvgIpc) is 2.72. The van der Waals surface area contributed by atoms with Gasteiger partial charge >= 0.3 is 0 Å². The van der Waals surface area contributed by atoms with Gasteiger partial charge in [0.25, 0.3) is 5.91 Å². The Morgan fingerprint density at radius 3 is 2.29 bits per heavy atom. The van der Waals surface area contributed by atoms with Crippen LogP contribution in [0.25, 0.3) is 0 Å². The number of hydrogen-bond acceptors (Lipinski definition) is 6. The van der Waals surface area contributed by atoms with Crippen molar-refractivity contribution in [1.29, 1.82) is 0 Å². The summed E-state index contributed by atoms with van der Waals surface area (Å²) in [7, 11) is 4.02. The molecule has 1 amide bonds. The van der Waals surface area contributed by atoms with Crippen LogP contribution in [0.5, 0.6) is 0 Å². The number of nitrogens with one attached hydrogen (secondary N) is 1. The van der Waals surface area contributed by atoms with Gasteiger partial charge in [-0.2, -0.15) is 0 Å². The summed E-state index contributed by atoms with van der Waals surface area (Å²) in [4.78, 5) is 27.3. The lowest BCUT2D eigenvalue weighted by Gasteiger charge is -2.36. The van der Waals surface area contributed by atoms with E-state index in [0.29, 0.717) is 18.1 Å². The Morgan fingerprint density at radius 1 is 1.07 bits per heavy atom. The molecule has 1 aromatic carbocycles. The lowest BCUT2D eigenvalue weighted by Crippen LogP contribution is -2.47. The summed E-state index contributed by atoms with van der Waals surface area (Å²) in [5, 5.41) is 2.89. The number of piperazine rings is 1. The van der Waals surface area contributed by atoms with E-state index in [1.807, 2.05) is 14.1 Å². The Bertz CT molecular complexity index is 757. The van der Waals surface area contributed by atoms with Gasteiger partial charge in [-0.05, 0) is 51.3 Å². The number of aromatic nitrogens is 2. The molecule has 1 saturated heterocycles. The highest BCUT2D eigenvalue weighted by atomic mass is 19.1. The number of benzene rings is 1. The highest BCUT2D eigenvalue weighted by Crippen LogP contribution is 2.18. The van der Waals surface area contributed by atoms with Crippen molar-refractivity contribution in [3.63, 3.8) is 0 Å². The topological polar surface area (TPSA) is 64.6 Å². The molecule has 0 saturated carbocycles. The maximum absolute atomic E-state index is 13.1. The number of carbonyl (C=O) groups is 1. The molecule has 28 heavy (non-hydrogen) atoms. The highest BCUT2D eigenvalue weighted by Gasteiger charge is 2.19. The molecule has 0 spiro atoms. The van der Waals surface area contributed by atoms with Crippen LogP contribution >= 0.6 is 0 Å². The minimum atomic E-state index is -0.224. The SMILES string of the molecule is CN(C)CCCNC(=O)c1cnc(N2CCN(c3ccc(F)cc3)CC2)nc1. The minimum Gasteiger partial charge on any atom is -0.368 e. The van der Waals surface area contributed by atoms with Crippen LogP contribution in [0.3, 0.4) is 0 Å². The van der Waals surface area contributed by atoms with Crippen LogP contribution in [0.2, 0.25) is 0 Å². The summed E-state index contributed by atoms with van der Waals surface area (Å²) in [5.74, 6) is 0.256. The number of halogens is 1. The summed E-state index contributed by atoms with van der Waals surface area (Å²) in [6.07, 6.45) is 4.06. The summed E-state index contributed by atoms with van der Waals surface area (Å²) in [6, 6.07) is 6.56. The molecule has 0 unspecified atom stereocenters. The van der Waals surface area contributed by atoms with Crippen LogP contribution in [-0.2, 0) is 0 Å². The molecule has 7 nitrogen and oxygen atoms in total. The van der Waals surface area contributed by atoms with Gasteiger partial charge in [-0.3, -0.25) is 4.79 Å². The van der Waals surface area contributed by atoms with Crippen LogP contribution < -0.4 is 15.1 Å². The van der Waals surface area contributed by atoms with Gasteiger partial charge in [0, 0.05) is 50.8 Å². The van der Waals surface area contributed by atoms with Crippen LogP contribution in [0.15, 0.2) is 36.7 Å². The van der Waals surface area contributed by atoms with Crippen molar-refractivity contribution in [1.82, 2.24) is 20.2 Å². The molecule has 1 fully saturated rings. The normalized spacial score (nSPS) is 14.4. The van der Waals surface area contributed by atoms with E-state index in [0.717, 1.165) is 44.8 Å². The van der Waals surface area contributed by atoms with Gasteiger partial charge in [0.2, 0.25) is 5.95 Å². The van der Waals surface area contributed by atoms with Gasteiger partial charge in [-0.1, -0.05) is 0 Å². The summed E-state index contributed by atoms with van der Waals surface area (Å²) in [5.41, 5.74) is 1.49. The van der Waals surface area contributed by atoms with Crippen molar-refractivity contribution in [3.8, 4) is 0 Å². The number of nitrogens with zero attached hydrogens (tertiary/aromatic N) is 5. The first-order valence-electron chi connectivity index (χ1n) is 9.53. The van der Waals surface area contributed by atoms with Crippen molar-refractivity contribution < 1.29 is 9.18 Å². The van der Waals surface area contributed by atoms with Crippen LogP contribution in [0.4, 0.5) is 16.0 Å². The minimum absolute atomic E-state index is 0.147. The standard InChI is InChI=1S/C20H27FN6O/c1-25(2)9-3-8-22-19(28)16-14-23-20(24-15-16)27-12-10-26(11-13-27)18-6-4-17(21)5-7-18/h4-7,14-15H,3,8-13H2,1-2H3,(H,22,28). The summed E-state index contributed by atoms with van der Waals surface area (Å²) < 4.78 is 13.1. The van der Waals surface area contributed by atoms with E-state index in [2.05, 4.69) is 30.0 Å². The number of carbonyl (C=O) groups excluding carboxylic acids is 1.